The van der Waals surface area contributed by atoms with Gasteiger partial charge < -0.3 is 10.3 Å². The number of nitrogens with one attached hydrogen (secondary N) is 2. The second kappa shape index (κ2) is 6.71. The maximum absolute atomic E-state index is 13.6. The van der Waals surface area contributed by atoms with Crippen molar-refractivity contribution in [1.82, 2.24) is 10.3 Å². The fourth-order valence-corrected chi connectivity index (χ4v) is 3.02. The molecule has 0 fully saturated rings. The van der Waals surface area contributed by atoms with Crippen molar-refractivity contribution < 1.29 is 9.18 Å². The van der Waals surface area contributed by atoms with Crippen LogP contribution in [0.2, 0.25) is 0 Å². The Labute approximate surface area is 147 Å². The Morgan fingerprint density at radius 3 is 2.60 bits per heavy atom. The van der Waals surface area contributed by atoms with E-state index in [9.17, 15) is 9.18 Å². The number of benzene rings is 2. The molecular formula is C21H23FN2O. The summed E-state index contributed by atoms with van der Waals surface area (Å²) >= 11 is 0. The number of hydrogen-bond donors (Lipinski definition) is 2. The van der Waals surface area contributed by atoms with E-state index in [0.29, 0.717) is 13.0 Å². The first-order chi connectivity index (χ1) is 11.8. The summed E-state index contributed by atoms with van der Waals surface area (Å²) in [5.74, 6) is -0.268. The molecule has 0 unspecified atom stereocenters. The first-order valence-corrected chi connectivity index (χ1v) is 8.44. The lowest BCUT2D eigenvalue weighted by atomic mass is 9.84. The van der Waals surface area contributed by atoms with Crippen LogP contribution < -0.4 is 5.32 Å². The van der Waals surface area contributed by atoms with Crippen LogP contribution in [0.3, 0.4) is 0 Å². The average molecular weight is 338 g/mol. The van der Waals surface area contributed by atoms with Gasteiger partial charge in [0.25, 0.3) is 0 Å². The molecule has 0 aliphatic rings. The standard InChI is InChI=1S/C21H23FN2O/c1-14-4-6-15(7-5-14)10-20(25)24-13-21(2,3)18-12-23-19-9-8-16(22)11-17(18)19/h4-9,11-12,23H,10,13H2,1-3H3,(H,24,25). The van der Waals surface area contributed by atoms with Crippen LogP contribution in [-0.2, 0) is 16.6 Å². The number of amides is 1. The molecule has 0 atom stereocenters. The van der Waals surface area contributed by atoms with Crippen LogP contribution in [0.5, 0.6) is 0 Å². The van der Waals surface area contributed by atoms with E-state index in [-0.39, 0.29) is 17.1 Å². The van der Waals surface area contributed by atoms with Gasteiger partial charge in [0, 0.05) is 29.1 Å². The van der Waals surface area contributed by atoms with Gasteiger partial charge in [-0.15, -0.1) is 0 Å². The highest BCUT2D eigenvalue weighted by atomic mass is 19.1. The number of carbonyl (C=O) groups excluding carboxylic acids is 1. The van der Waals surface area contributed by atoms with E-state index in [2.05, 4.69) is 10.3 Å². The predicted octanol–water partition coefficient (Wildman–Crippen LogP) is 4.25. The molecular weight excluding hydrogens is 315 g/mol. The van der Waals surface area contributed by atoms with Gasteiger partial charge in [0.1, 0.15) is 5.82 Å². The van der Waals surface area contributed by atoms with Gasteiger partial charge in [-0.1, -0.05) is 43.7 Å². The monoisotopic (exact) mass is 338 g/mol. The number of carbonyl (C=O) groups is 1. The highest BCUT2D eigenvalue weighted by Crippen LogP contribution is 2.30. The number of fused-ring (bicyclic) bond motifs is 1. The van der Waals surface area contributed by atoms with Crippen molar-refractivity contribution in [2.24, 2.45) is 0 Å². The van der Waals surface area contributed by atoms with E-state index in [0.717, 1.165) is 22.0 Å². The average Bonchev–Trinajstić information content (AvgIpc) is 2.99. The van der Waals surface area contributed by atoms with Gasteiger partial charge >= 0.3 is 0 Å². The van der Waals surface area contributed by atoms with Crippen molar-refractivity contribution in [3.63, 3.8) is 0 Å². The zero-order chi connectivity index (χ0) is 18.0. The van der Waals surface area contributed by atoms with E-state index < -0.39 is 0 Å². The van der Waals surface area contributed by atoms with Crippen molar-refractivity contribution in [2.45, 2.75) is 32.6 Å². The fraction of sp³-hybridized carbons (Fsp3) is 0.286. The van der Waals surface area contributed by atoms with Gasteiger partial charge in [-0.25, -0.2) is 4.39 Å². The minimum atomic E-state index is -0.311. The molecule has 1 aromatic heterocycles. The van der Waals surface area contributed by atoms with Gasteiger partial charge in [-0.2, -0.15) is 0 Å². The molecule has 4 heteroatoms. The maximum atomic E-state index is 13.6. The number of aryl methyl sites for hydroxylation is 1. The Morgan fingerprint density at radius 2 is 1.88 bits per heavy atom. The smallest absolute Gasteiger partial charge is 0.224 e. The summed E-state index contributed by atoms with van der Waals surface area (Å²) in [5, 5.41) is 3.87. The molecule has 3 aromatic rings. The van der Waals surface area contributed by atoms with E-state index in [1.54, 1.807) is 6.07 Å². The molecule has 3 nitrogen and oxygen atoms in total. The summed E-state index contributed by atoms with van der Waals surface area (Å²) in [6, 6.07) is 12.7. The van der Waals surface area contributed by atoms with Crippen LogP contribution in [0.15, 0.2) is 48.7 Å². The van der Waals surface area contributed by atoms with E-state index in [4.69, 9.17) is 0 Å². The Morgan fingerprint density at radius 1 is 1.16 bits per heavy atom. The molecule has 25 heavy (non-hydrogen) atoms. The van der Waals surface area contributed by atoms with Gasteiger partial charge in [0.15, 0.2) is 0 Å². The molecule has 0 saturated heterocycles. The number of aromatic nitrogens is 1. The van der Waals surface area contributed by atoms with Crippen molar-refractivity contribution in [1.29, 1.82) is 0 Å². The highest BCUT2D eigenvalue weighted by Gasteiger charge is 2.25. The van der Waals surface area contributed by atoms with Crippen molar-refractivity contribution in [3.8, 4) is 0 Å². The molecule has 0 saturated carbocycles. The summed E-state index contributed by atoms with van der Waals surface area (Å²) in [4.78, 5) is 15.4. The van der Waals surface area contributed by atoms with Gasteiger partial charge in [-0.05, 0) is 36.2 Å². The van der Waals surface area contributed by atoms with E-state index in [1.807, 2.05) is 51.2 Å². The van der Waals surface area contributed by atoms with Crippen LogP contribution in [0.25, 0.3) is 10.9 Å². The second-order valence-corrected chi connectivity index (χ2v) is 7.22. The molecule has 2 aromatic carbocycles. The fourth-order valence-electron chi connectivity index (χ4n) is 3.02. The summed E-state index contributed by atoms with van der Waals surface area (Å²) < 4.78 is 13.6. The van der Waals surface area contributed by atoms with E-state index >= 15 is 0 Å². The number of hydrogen-bond acceptors (Lipinski definition) is 1. The third-order valence-electron chi connectivity index (χ3n) is 4.59. The Kier molecular flexibility index (Phi) is 4.62. The van der Waals surface area contributed by atoms with E-state index in [1.165, 1.54) is 17.7 Å². The first-order valence-electron chi connectivity index (χ1n) is 8.44. The van der Waals surface area contributed by atoms with Crippen molar-refractivity contribution in [2.75, 3.05) is 6.54 Å². The summed E-state index contributed by atoms with van der Waals surface area (Å²) in [6.45, 7) is 6.61. The van der Waals surface area contributed by atoms with Gasteiger partial charge in [0.05, 0.1) is 6.42 Å². The lowest BCUT2D eigenvalue weighted by molar-refractivity contribution is -0.120. The van der Waals surface area contributed by atoms with Gasteiger partial charge in [0.2, 0.25) is 5.91 Å². The molecule has 0 aliphatic heterocycles. The molecule has 1 heterocycles. The minimum Gasteiger partial charge on any atom is -0.361 e. The first kappa shape index (κ1) is 17.2. The third-order valence-corrected chi connectivity index (χ3v) is 4.59. The zero-order valence-corrected chi connectivity index (χ0v) is 14.8. The molecule has 0 spiro atoms. The molecule has 2 N–H and O–H groups in total. The number of rotatable bonds is 5. The Hall–Kier alpha value is -2.62. The molecule has 130 valence electrons. The summed E-state index contributed by atoms with van der Waals surface area (Å²) in [6.07, 6.45) is 2.26. The molecule has 1 amide bonds. The number of halogens is 1. The quantitative estimate of drug-likeness (QED) is 0.718. The van der Waals surface area contributed by atoms with Gasteiger partial charge in [-0.3, -0.25) is 4.79 Å². The molecule has 0 radical (unpaired) electrons. The third kappa shape index (κ3) is 3.90. The van der Waals surface area contributed by atoms with Crippen LogP contribution in [0, 0.1) is 12.7 Å². The van der Waals surface area contributed by atoms with Crippen LogP contribution in [-0.4, -0.2) is 17.4 Å². The predicted molar refractivity (Wildman–Crippen MR) is 99.2 cm³/mol. The highest BCUT2D eigenvalue weighted by molar-refractivity contribution is 5.84. The van der Waals surface area contributed by atoms with Crippen molar-refractivity contribution in [3.05, 3.63) is 71.2 Å². The lowest BCUT2D eigenvalue weighted by Gasteiger charge is -2.25. The number of H-pyrrole nitrogens is 1. The largest absolute Gasteiger partial charge is 0.361 e. The molecule has 0 aliphatic carbocycles. The minimum absolute atomic E-state index is 0.0112. The van der Waals surface area contributed by atoms with Crippen LogP contribution >= 0.6 is 0 Å². The van der Waals surface area contributed by atoms with Crippen molar-refractivity contribution >= 4 is 16.8 Å². The zero-order valence-electron chi connectivity index (χ0n) is 14.8. The second-order valence-electron chi connectivity index (χ2n) is 7.22. The van der Waals surface area contributed by atoms with Crippen LogP contribution in [0.1, 0.15) is 30.5 Å². The summed E-state index contributed by atoms with van der Waals surface area (Å²) in [7, 11) is 0. The number of aromatic amines is 1. The maximum Gasteiger partial charge on any atom is 0.224 e. The topological polar surface area (TPSA) is 44.9 Å². The normalized spacial score (nSPS) is 11.7. The summed E-state index contributed by atoms with van der Waals surface area (Å²) in [5.41, 5.74) is 3.76. The SMILES string of the molecule is Cc1ccc(CC(=O)NCC(C)(C)c2c[nH]c3ccc(F)cc23)cc1. The lowest BCUT2D eigenvalue weighted by Crippen LogP contribution is -2.37. The Bertz CT molecular complexity index is 894. The molecule has 3 rings (SSSR count). The Balaban J connectivity index is 1.69. The molecule has 0 bridgehead atoms. The van der Waals surface area contributed by atoms with Crippen LogP contribution in [0.4, 0.5) is 4.39 Å².